The highest BCUT2D eigenvalue weighted by molar-refractivity contribution is 5.82. The maximum Gasteiger partial charge on any atom is 0.0974 e. The van der Waals surface area contributed by atoms with Crippen molar-refractivity contribution in [2.45, 2.75) is 81.5 Å². The van der Waals surface area contributed by atoms with Gasteiger partial charge in [-0.25, -0.2) is 0 Å². The highest BCUT2D eigenvalue weighted by atomic mass is 16.5. The highest BCUT2D eigenvalue weighted by Crippen LogP contribution is 2.69. The molecule has 3 aliphatic carbocycles. The minimum Gasteiger partial charge on any atom is -0.393 e. The van der Waals surface area contributed by atoms with Crippen LogP contribution >= 0.6 is 0 Å². The molecule has 3 fully saturated rings. The number of hydrogen-bond acceptors (Lipinski definition) is 3. The van der Waals surface area contributed by atoms with E-state index in [2.05, 4.69) is 48.3 Å². The molecule has 1 unspecified atom stereocenters. The van der Waals surface area contributed by atoms with Gasteiger partial charge in [-0.05, 0) is 96.4 Å². The summed E-state index contributed by atoms with van der Waals surface area (Å²) in [7, 11) is 0. The Labute approximate surface area is 184 Å². The minimum atomic E-state index is -0.213. The topological polar surface area (TPSA) is 42.4 Å². The molecule has 160 valence electrons. The van der Waals surface area contributed by atoms with Gasteiger partial charge in [-0.1, -0.05) is 31.2 Å². The number of aliphatic hydroxyl groups is 1. The van der Waals surface area contributed by atoms with E-state index >= 15 is 0 Å². The van der Waals surface area contributed by atoms with Gasteiger partial charge in [0.05, 0.1) is 17.3 Å². The molecular formula is C28H31NO2. The van der Waals surface area contributed by atoms with Gasteiger partial charge in [0, 0.05) is 24.2 Å². The average Bonchev–Trinajstić information content (AvgIpc) is 3.28. The summed E-state index contributed by atoms with van der Waals surface area (Å²) < 4.78 is 7.18. The Balaban J connectivity index is 1.31. The fourth-order valence-electron chi connectivity index (χ4n) is 8.25. The van der Waals surface area contributed by atoms with Crippen molar-refractivity contribution in [3.05, 3.63) is 65.5 Å². The first kappa shape index (κ1) is 18.6. The van der Waals surface area contributed by atoms with E-state index < -0.39 is 0 Å². The summed E-state index contributed by atoms with van der Waals surface area (Å²) in [6.07, 6.45) is 17.1. The molecule has 2 bridgehead atoms. The Morgan fingerprint density at radius 1 is 1.10 bits per heavy atom. The van der Waals surface area contributed by atoms with Crippen LogP contribution in [0.1, 0.15) is 69.8 Å². The van der Waals surface area contributed by atoms with Gasteiger partial charge in [0.1, 0.15) is 0 Å². The quantitative estimate of drug-likeness (QED) is 0.639. The first-order valence-electron chi connectivity index (χ1n) is 12.2. The number of hydrogen-bond donors (Lipinski definition) is 1. The summed E-state index contributed by atoms with van der Waals surface area (Å²) in [5.41, 5.74) is 4.26. The molecule has 1 aromatic heterocycles. The van der Waals surface area contributed by atoms with Gasteiger partial charge in [0.2, 0.25) is 0 Å². The van der Waals surface area contributed by atoms with Gasteiger partial charge in [-0.2, -0.15) is 0 Å². The standard InChI is InChI=1S/C28H31NO2/c1-26-10-8-22-15-21-4-5-23(30)16-27(21)11-12-28(22,31-27)25(26)7-6-24(26)19-3-2-18-9-13-29-17-20(18)14-19/h2-3,8-9,13-15,17,23-25,30H,4-7,10-12,16H2,1H3/t23-,24-,25-,26-,27-,28?/m1/s1. The molecule has 6 atom stereocenters. The molecule has 5 aliphatic rings. The summed E-state index contributed by atoms with van der Waals surface area (Å²) in [5.74, 6) is 1.10. The number of allylic oxidation sites excluding steroid dienone is 1. The van der Waals surface area contributed by atoms with E-state index in [0.29, 0.717) is 11.8 Å². The molecule has 0 radical (unpaired) electrons. The van der Waals surface area contributed by atoms with Crippen LogP contribution in [-0.2, 0) is 4.74 Å². The van der Waals surface area contributed by atoms with Crippen LogP contribution in [0.5, 0.6) is 0 Å². The zero-order valence-corrected chi connectivity index (χ0v) is 18.3. The molecule has 2 saturated carbocycles. The van der Waals surface area contributed by atoms with Crippen LogP contribution in [0, 0.1) is 11.3 Å². The lowest BCUT2D eigenvalue weighted by molar-refractivity contribution is -0.144. The molecule has 7 rings (SSSR count). The van der Waals surface area contributed by atoms with Crippen LogP contribution in [0.15, 0.2) is 60.0 Å². The van der Waals surface area contributed by atoms with Crippen LogP contribution in [0.4, 0.5) is 0 Å². The number of rotatable bonds is 1. The maximum atomic E-state index is 10.4. The molecule has 2 spiro atoms. The van der Waals surface area contributed by atoms with E-state index in [1.54, 1.807) is 0 Å². The van der Waals surface area contributed by atoms with Crippen LogP contribution in [-0.4, -0.2) is 27.4 Å². The maximum absolute atomic E-state index is 10.4. The second kappa shape index (κ2) is 6.08. The Morgan fingerprint density at radius 3 is 2.97 bits per heavy atom. The zero-order chi connectivity index (χ0) is 20.8. The largest absolute Gasteiger partial charge is 0.393 e. The number of aliphatic hydroxyl groups excluding tert-OH is 1. The number of nitrogens with zero attached hydrogens (tertiary/aromatic N) is 1. The molecule has 3 nitrogen and oxygen atoms in total. The monoisotopic (exact) mass is 413 g/mol. The van der Waals surface area contributed by atoms with Crippen LogP contribution in [0.2, 0.25) is 0 Å². The number of fused-ring (bicyclic) bond motifs is 2. The van der Waals surface area contributed by atoms with Crippen molar-refractivity contribution in [3.8, 4) is 0 Å². The minimum absolute atomic E-state index is 0.138. The molecule has 3 heterocycles. The average molecular weight is 414 g/mol. The molecule has 3 heteroatoms. The van der Waals surface area contributed by atoms with E-state index in [1.165, 1.54) is 40.3 Å². The van der Waals surface area contributed by atoms with Crippen molar-refractivity contribution < 1.29 is 9.84 Å². The summed E-state index contributed by atoms with van der Waals surface area (Å²) in [6, 6.07) is 9.10. The second-order valence-electron chi connectivity index (χ2n) is 11.1. The Morgan fingerprint density at radius 2 is 2.03 bits per heavy atom. The normalized spacial score (nSPS) is 43.1. The van der Waals surface area contributed by atoms with Crippen LogP contribution in [0.3, 0.4) is 0 Å². The van der Waals surface area contributed by atoms with Gasteiger partial charge >= 0.3 is 0 Å². The van der Waals surface area contributed by atoms with Crippen molar-refractivity contribution in [2.24, 2.45) is 11.3 Å². The Bertz CT molecular complexity index is 1150. The summed E-state index contributed by atoms with van der Waals surface area (Å²) in [4.78, 5) is 4.35. The van der Waals surface area contributed by atoms with Crippen molar-refractivity contribution in [3.63, 3.8) is 0 Å². The molecule has 1 aromatic carbocycles. The SMILES string of the molecule is C[C@]12CC=C3C=C4CC[C@@H](O)C[C@]45CCC3(O5)[C@@H]1CC[C@@H]2c1ccc2ccncc2c1. The number of pyridine rings is 1. The predicted molar refractivity (Wildman–Crippen MR) is 122 cm³/mol. The van der Waals surface area contributed by atoms with Gasteiger partial charge < -0.3 is 9.84 Å². The van der Waals surface area contributed by atoms with Crippen LogP contribution in [0.25, 0.3) is 10.8 Å². The fraction of sp³-hybridized carbons (Fsp3) is 0.536. The van der Waals surface area contributed by atoms with Gasteiger partial charge in [0.25, 0.3) is 0 Å². The summed E-state index contributed by atoms with van der Waals surface area (Å²) in [6.45, 7) is 2.52. The lowest BCUT2D eigenvalue weighted by atomic mass is 9.58. The third-order valence-corrected chi connectivity index (χ3v) is 9.72. The lowest BCUT2D eigenvalue weighted by Crippen LogP contribution is -2.54. The second-order valence-corrected chi connectivity index (χ2v) is 11.1. The Kier molecular flexibility index (Phi) is 3.65. The van der Waals surface area contributed by atoms with Crippen molar-refractivity contribution >= 4 is 10.8 Å². The third-order valence-electron chi connectivity index (χ3n) is 9.72. The predicted octanol–water partition coefficient (Wildman–Crippen LogP) is 5.84. The lowest BCUT2D eigenvalue weighted by Gasteiger charge is -2.54. The van der Waals surface area contributed by atoms with Gasteiger partial charge in [-0.3, -0.25) is 4.98 Å². The highest BCUT2D eigenvalue weighted by Gasteiger charge is 2.66. The van der Waals surface area contributed by atoms with Crippen molar-refractivity contribution in [1.82, 2.24) is 4.98 Å². The zero-order valence-electron chi connectivity index (χ0n) is 18.3. The number of benzene rings is 1. The molecule has 1 N–H and O–H groups in total. The van der Waals surface area contributed by atoms with E-state index in [0.717, 1.165) is 38.5 Å². The first-order valence-corrected chi connectivity index (χ1v) is 12.2. The molecule has 2 aliphatic heterocycles. The molecule has 1 saturated heterocycles. The molecular weight excluding hydrogens is 382 g/mol. The number of aromatic nitrogens is 1. The Hall–Kier alpha value is -1.97. The first-order chi connectivity index (χ1) is 15.0. The van der Waals surface area contributed by atoms with Crippen molar-refractivity contribution in [1.29, 1.82) is 0 Å². The van der Waals surface area contributed by atoms with Crippen molar-refractivity contribution in [2.75, 3.05) is 0 Å². The van der Waals surface area contributed by atoms with E-state index in [4.69, 9.17) is 4.74 Å². The van der Waals surface area contributed by atoms with E-state index in [1.807, 2.05) is 12.4 Å². The molecule has 2 aromatic rings. The van der Waals surface area contributed by atoms with Crippen LogP contribution < -0.4 is 0 Å². The molecule has 31 heavy (non-hydrogen) atoms. The van der Waals surface area contributed by atoms with Gasteiger partial charge in [0.15, 0.2) is 0 Å². The summed E-state index contributed by atoms with van der Waals surface area (Å²) >= 11 is 0. The summed E-state index contributed by atoms with van der Waals surface area (Å²) in [5, 5.41) is 13.0. The van der Waals surface area contributed by atoms with E-state index in [-0.39, 0.29) is 22.7 Å². The fourth-order valence-corrected chi connectivity index (χ4v) is 8.25. The van der Waals surface area contributed by atoms with E-state index in [9.17, 15) is 5.11 Å². The number of ether oxygens (including phenoxy) is 1. The third kappa shape index (κ3) is 2.34. The van der Waals surface area contributed by atoms with Gasteiger partial charge in [-0.15, -0.1) is 0 Å². The molecule has 0 amide bonds. The smallest absolute Gasteiger partial charge is 0.0974 e.